The van der Waals surface area contributed by atoms with Gasteiger partial charge in [0, 0.05) is 25.2 Å². The van der Waals surface area contributed by atoms with Crippen LogP contribution in [0.2, 0.25) is 0 Å². The number of anilines is 1. The molecule has 1 aliphatic heterocycles. The minimum absolute atomic E-state index is 0.00238. The highest BCUT2D eigenvalue weighted by molar-refractivity contribution is 6.02. The van der Waals surface area contributed by atoms with Crippen LogP contribution < -0.4 is 15.5 Å². The summed E-state index contributed by atoms with van der Waals surface area (Å²) in [6.07, 6.45) is 0.909. The first-order valence-corrected chi connectivity index (χ1v) is 8.45. The van der Waals surface area contributed by atoms with E-state index in [1.54, 1.807) is 4.90 Å². The maximum atomic E-state index is 12.7. The van der Waals surface area contributed by atoms with E-state index < -0.39 is 18.0 Å². The molecule has 1 aromatic carbocycles. The van der Waals surface area contributed by atoms with E-state index in [1.165, 1.54) is 0 Å². The number of amides is 3. The van der Waals surface area contributed by atoms with Gasteiger partial charge in [0.2, 0.25) is 5.91 Å². The van der Waals surface area contributed by atoms with Gasteiger partial charge < -0.3 is 20.6 Å². The Morgan fingerprint density at radius 2 is 1.88 bits per heavy atom. The zero-order chi connectivity index (χ0) is 18.6. The summed E-state index contributed by atoms with van der Waals surface area (Å²) < 4.78 is 0. The minimum atomic E-state index is -0.896. The van der Waals surface area contributed by atoms with Crippen LogP contribution >= 0.6 is 0 Å². The van der Waals surface area contributed by atoms with Crippen LogP contribution in [0.3, 0.4) is 0 Å². The van der Waals surface area contributed by atoms with Crippen LogP contribution in [0.4, 0.5) is 10.5 Å². The van der Waals surface area contributed by atoms with Gasteiger partial charge in [-0.25, -0.2) is 4.79 Å². The van der Waals surface area contributed by atoms with Gasteiger partial charge in [0.25, 0.3) is 0 Å². The first-order valence-electron chi connectivity index (χ1n) is 8.45. The van der Waals surface area contributed by atoms with Crippen LogP contribution in [0.15, 0.2) is 12.1 Å². The zero-order valence-electron chi connectivity index (χ0n) is 14.9. The normalized spacial score (nSPS) is 16.8. The molecule has 7 heteroatoms. The molecule has 1 unspecified atom stereocenters. The average Bonchev–Trinajstić information content (AvgIpc) is 2.84. The molecule has 136 valence electrons. The van der Waals surface area contributed by atoms with E-state index in [-0.39, 0.29) is 18.9 Å². The molecular weight excluding hydrogens is 322 g/mol. The van der Waals surface area contributed by atoms with Crippen molar-refractivity contribution in [3.63, 3.8) is 0 Å². The molecule has 0 bridgehead atoms. The Morgan fingerprint density at radius 3 is 2.48 bits per heavy atom. The molecule has 0 radical (unpaired) electrons. The molecule has 1 fully saturated rings. The fourth-order valence-corrected chi connectivity index (χ4v) is 3.28. The minimum Gasteiger partial charge on any atom is -0.481 e. The molecule has 7 nitrogen and oxygen atoms in total. The van der Waals surface area contributed by atoms with Crippen molar-refractivity contribution >= 4 is 23.6 Å². The topological polar surface area (TPSA) is 98.7 Å². The standard InChI is InChI=1S/C18H25N3O4/c1-11-9-12(2)16(13(3)10-11)21-8-6-14(17(21)24)20-18(25)19-7-4-5-15(22)23/h9-10,14H,4-8H2,1-3H3,(H,22,23)(H2,19,20,25). The number of benzene rings is 1. The molecule has 1 heterocycles. The van der Waals surface area contributed by atoms with Gasteiger partial charge in [-0.05, 0) is 44.7 Å². The number of aliphatic carboxylic acids is 1. The Morgan fingerprint density at radius 1 is 1.24 bits per heavy atom. The molecule has 3 N–H and O–H groups in total. The Kier molecular flexibility index (Phi) is 6.01. The Labute approximate surface area is 147 Å². The number of aryl methyl sites for hydroxylation is 3. The predicted octanol–water partition coefficient (Wildman–Crippen LogP) is 1.88. The summed E-state index contributed by atoms with van der Waals surface area (Å²) in [5, 5.41) is 13.8. The Bertz CT molecular complexity index is 664. The third-order valence-electron chi connectivity index (χ3n) is 4.27. The van der Waals surface area contributed by atoms with E-state index in [2.05, 4.69) is 10.6 Å². The average molecular weight is 347 g/mol. The van der Waals surface area contributed by atoms with E-state index >= 15 is 0 Å². The second kappa shape index (κ2) is 8.00. The van der Waals surface area contributed by atoms with Crippen molar-refractivity contribution in [3.05, 3.63) is 28.8 Å². The number of carbonyl (C=O) groups is 3. The molecule has 1 atom stereocenters. The molecule has 0 saturated carbocycles. The van der Waals surface area contributed by atoms with Crippen molar-refractivity contribution in [2.75, 3.05) is 18.0 Å². The predicted molar refractivity (Wildman–Crippen MR) is 94.8 cm³/mol. The van der Waals surface area contributed by atoms with Crippen LogP contribution in [0.5, 0.6) is 0 Å². The summed E-state index contributed by atoms with van der Waals surface area (Å²) in [6, 6.07) is 3.10. The first kappa shape index (κ1) is 18.8. The van der Waals surface area contributed by atoms with Crippen LogP contribution in [-0.4, -0.2) is 42.1 Å². The third-order valence-corrected chi connectivity index (χ3v) is 4.27. The zero-order valence-corrected chi connectivity index (χ0v) is 14.9. The van der Waals surface area contributed by atoms with Gasteiger partial charge in [0.15, 0.2) is 0 Å². The SMILES string of the molecule is Cc1cc(C)c(N2CCC(NC(=O)NCCCC(=O)O)C2=O)c(C)c1. The van der Waals surface area contributed by atoms with Gasteiger partial charge in [-0.3, -0.25) is 9.59 Å². The monoisotopic (exact) mass is 347 g/mol. The highest BCUT2D eigenvalue weighted by Crippen LogP contribution is 2.29. The highest BCUT2D eigenvalue weighted by Gasteiger charge is 2.34. The summed E-state index contributed by atoms with van der Waals surface area (Å²) in [6.45, 7) is 6.82. The van der Waals surface area contributed by atoms with Crippen LogP contribution in [0.25, 0.3) is 0 Å². The molecule has 1 aliphatic rings. The van der Waals surface area contributed by atoms with Crippen LogP contribution in [0.1, 0.15) is 36.0 Å². The quantitative estimate of drug-likeness (QED) is 0.684. The van der Waals surface area contributed by atoms with Gasteiger partial charge in [0.1, 0.15) is 6.04 Å². The lowest BCUT2D eigenvalue weighted by molar-refractivity contribution is -0.137. The van der Waals surface area contributed by atoms with Crippen molar-refractivity contribution in [1.29, 1.82) is 0 Å². The fraction of sp³-hybridized carbons (Fsp3) is 0.500. The lowest BCUT2D eigenvalue weighted by atomic mass is 10.0. The molecule has 0 spiro atoms. The molecule has 0 aromatic heterocycles. The number of urea groups is 1. The van der Waals surface area contributed by atoms with Crippen molar-refractivity contribution in [1.82, 2.24) is 10.6 Å². The van der Waals surface area contributed by atoms with Crippen molar-refractivity contribution in [2.45, 2.75) is 46.1 Å². The van der Waals surface area contributed by atoms with E-state index in [1.807, 2.05) is 32.9 Å². The number of hydrogen-bond donors (Lipinski definition) is 3. The van der Waals surface area contributed by atoms with Gasteiger partial charge >= 0.3 is 12.0 Å². The van der Waals surface area contributed by atoms with Crippen LogP contribution in [-0.2, 0) is 9.59 Å². The van der Waals surface area contributed by atoms with E-state index in [9.17, 15) is 14.4 Å². The highest BCUT2D eigenvalue weighted by atomic mass is 16.4. The molecule has 25 heavy (non-hydrogen) atoms. The van der Waals surface area contributed by atoms with Crippen molar-refractivity contribution in [2.24, 2.45) is 0 Å². The summed E-state index contributed by atoms with van der Waals surface area (Å²) >= 11 is 0. The second-order valence-corrected chi connectivity index (χ2v) is 6.48. The fourth-order valence-electron chi connectivity index (χ4n) is 3.28. The smallest absolute Gasteiger partial charge is 0.315 e. The number of nitrogens with one attached hydrogen (secondary N) is 2. The number of carboxylic acid groups (broad SMARTS) is 1. The van der Waals surface area contributed by atoms with E-state index in [0.29, 0.717) is 19.4 Å². The maximum Gasteiger partial charge on any atom is 0.315 e. The summed E-state index contributed by atoms with van der Waals surface area (Å²) in [7, 11) is 0. The molecule has 3 amide bonds. The maximum absolute atomic E-state index is 12.7. The summed E-state index contributed by atoms with van der Waals surface area (Å²) in [4.78, 5) is 36.7. The number of nitrogens with zero attached hydrogens (tertiary/aromatic N) is 1. The molecule has 0 aliphatic carbocycles. The van der Waals surface area contributed by atoms with Crippen LogP contribution in [0, 0.1) is 20.8 Å². The number of carbonyl (C=O) groups excluding carboxylic acids is 2. The van der Waals surface area contributed by atoms with E-state index in [0.717, 1.165) is 22.4 Å². The van der Waals surface area contributed by atoms with Gasteiger partial charge in [0.05, 0.1) is 0 Å². The Hall–Kier alpha value is -2.57. The summed E-state index contributed by atoms with van der Waals surface area (Å²) in [5.74, 6) is -1.01. The number of rotatable bonds is 6. The van der Waals surface area contributed by atoms with Crippen molar-refractivity contribution < 1.29 is 19.5 Å². The molecule has 1 saturated heterocycles. The largest absolute Gasteiger partial charge is 0.481 e. The lowest BCUT2D eigenvalue weighted by Crippen LogP contribution is -2.46. The van der Waals surface area contributed by atoms with E-state index in [4.69, 9.17) is 5.11 Å². The number of carboxylic acids is 1. The summed E-state index contributed by atoms with van der Waals surface area (Å²) in [5.41, 5.74) is 4.16. The van der Waals surface area contributed by atoms with Gasteiger partial charge in [-0.15, -0.1) is 0 Å². The number of hydrogen-bond acceptors (Lipinski definition) is 3. The first-order chi connectivity index (χ1) is 11.8. The van der Waals surface area contributed by atoms with Gasteiger partial charge in [-0.1, -0.05) is 17.7 Å². The van der Waals surface area contributed by atoms with Gasteiger partial charge in [-0.2, -0.15) is 0 Å². The lowest BCUT2D eigenvalue weighted by Gasteiger charge is -2.22. The Balaban J connectivity index is 1.94. The molecule has 1 aromatic rings. The van der Waals surface area contributed by atoms with Crippen molar-refractivity contribution in [3.8, 4) is 0 Å². The second-order valence-electron chi connectivity index (χ2n) is 6.48. The molecular formula is C18H25N3O4. The third kappa shape index (κ3) is 4.71. The molecule has 2 rings (SSSR count).